The molecule has 1 N–H and O–H groups in total. The molecule has 0 unspecified atom stereocenters. The first kappa shape index (κ1) is 17.9. The molecule has 0 amide bonds. The van der Waals surface area contributed by atoms with Gasteiger partial charge in [-0.05, 0) is 26.0 Å². The summed E-state index contributed by atoms with van der Waals surface area (Å²) in [5.74, 6) is -0.287. The van der Waals surface area contributed by atoms with Gasteiger partial charge in [0.1, 0.15) is 0 Å². The van der Waals surface area contributed by atoms with E-state index in [0.717, 1.165) is 12.7 Å². The van der Waals surface area contributed by atoms with Gasteiger partial charge < -0.3 is 9.84 Å². The number of carbonyl (C=O) groups excluding carboxylic acids is 1. The monoisotopic (exact) mass is 274 g/mol. The maximum absolute atomic E-state index is 10.9. The molecule has 108 valence electrons. The Bertz CT molecular complexity index is 475. The van der Waals surface area contributed by atoms with Gasteiger partial charge in [0.2, 0.25) is 0 Å². The molecule has 0 spiro atoms. The fraction of sp³-hybridized carbons (Fsp3) is 0.235. The first-order valence-corrected chi connectivity index (χ1v) is 6.25. The van der Waals surface area contributed by atoms with Gasteiger partial charge in [0.25, 0.3) is 0 Å². The average Bonchev–Trinajstić information content (AvgIpc) is 2.51. The lowest BCUT2D eigenvalue weighted by molar-refractivity contribution is 0.0600. The zero-order valence-corrected chi connectivity index (χ0v) is 12.5. The van der Waals surface area contributed by atoms with Gasteiger partial charge in [-0.3, -0.25) is 0 Å². The Balaban J connectivity index is 0.000000345. The Hall–Kier alpha value is -2.13. The van der Waals surface area contributed by atoms with Crippen LogP contribution in [0.15, 0.2) is 54.6 Å². The minimum Gasteiger partial charge on any atom is -0.465 e. The number of carbonyl (C=O) groups is 1. The van der Waals surface area contributed by atoms with Gasteiger partial charge in [-0.1, -0.05) is 53.6 Å². The van der Waals surface area contributed by atoms with Crippen molar-refractivity contribution in [1.29, 1.82) is 0 Å². The van der Waals surface area contributed by atoms with Crippen molar-refractivity contribution in [3.8, 4) is 0 Å². The van der Waals surface area contributed by atoms with Crippen LogP contribution in [0.2, 0.25) is 0 Å². The summed E-state index contributed by atoms with van der Waals surface area (Å²) < 4.78 is 4.54. The number of methoxy groups -OCH3 is 1. The topological polar surface area (TPSA) is 46.5 Å². The van der Waals surface area contributed by atoms with Crippen molar-refractivity contribution in [2.24, 2.45) is 0 Å². The summed E-state index contributed by atoms with van der Waals surface area (Å²) >= 11 is 0. The number of benzene rings is 2. The third kappa shape index (κ3) is 7.34. The first-order chi connectivity index (χ1) is 9.63. The van der Waals surface area contributed by atoms with Crippen molar-refractivity contribution in [3.05, 3.63) is 71.3 Å². The summed E-state index contributed by atoms with van der Waals surface area (Å²) in [6.07, 6.45) is 0. The van der Waals surface area contributed by atoms with Crippen LogP contribution in [0.1, 0.15) is 21.5 Å². The molecule has 0 aromatic heterocycles. The van der Waals surface area contributed by atoms with E-state index in [-0.39, 0.29) is 5.97 Å². The molecule has 0 atom stereocenters. The van der Waals surface area contributed by atoms with E-state index in [9.17, 15) is 4.79 Å². The minimum atomic E-state index is -0.287. The van der Waals surface area contributed by atoms with Crippen molar-refractivity contribution in [3.63, 3.8) is 0 Å². The van der Waals surface area contributed by atoms with E-state index >= 15 is 0 Å². The lowest BCUT2D eigenvalue weighted by Gasteiger charge is -1.97. The molecule has 0 aliphatic carbocycles. The number of esters is 1. The Labute approximate surface area is 120 Å². The number of aliphatic hydroxyl groups excluding tert-OH is 1. The van der Waals surface area contributed by atoms with Gasteiger partial charge in [-0.2, -0.15) is 0 Å². The van der Waals surface area contributed by atoms with E-state index in [4.69, 9.17) is 5.11 Å². The number of rotatable bonds is 1. The van der Waals surface area contributed by atoms with Crippen molar-refractivity contribution < 1.29 is 14.6 Å². The van der Waals surface area contributed by atoms with Crippen LogP contribution in [-0.4, -0.2) is 25.3 Å². The second-order valence-electron chi connectivity index (χ2n) is 4.01. The second-order valence-corrected chi connectivity index (χ2v) is 4.01. The van der Waals surface area contributed by atoms with E-state index < -0.39 is 0 Å². The van der Waals surface area contributed by atoms with Crippen LogP contribution in [0, 0.1) is 13.8 Å². The second kappa shape index (κ2) is 10.8. The normalized spacial score (nSPS) is 8.45. The lowest BCUT2D eigenvalue weighted by atomic mass is 10.2. The first-order valence-electron chi connectivity index (χ1n) is 6.25. The van der Waals surface area contributed by atoms with Crippen LogP contribution in [0.4, 0.5) is 0 Å². The van der Waals surface area contributed by atoms with Crippen molar-refractivity contribution >= 4 is 5.97 Å². The summed E-state index contributed by atoms with van der Waals surface area (Å²) in [6.45, 7) is 4.06. The predicted molar refractivity (Wildman–Crippen MR) is 81.8 cm³/mol. The molecule has 0 aliphatic heterocycles. The maximum Gasteiger partial charge on any atom is 0.337 e. The predicted octanol–water partition coefficient (Wildman–Crippen LogP) is 3.39. The van der Waals surface area contributed by atoms with Crippen LogP contribution < -0.4 is 0 Å². The van der Waals surface area contributed by atoms with E-state index in [1.807, 2.05) is 37.3 Å². The Morgan fingerprint density at radius 3 is 1.65 bits per heavy atom. The molecular formula is C17H22O3. The molecule has 20 heavy (non-hydrogen) atoms. The van der Waals surface area contributed by atoms with Crippen LogP contribution in [0.25, 0.3) is 0 Å². The van der Waals surface area contributed by atoms with Gasteiger partial charge in [-0.15, -0.1) is 0 Å². The van der Waals surface area contributed by atoms with Crippen molar-refractivity contribution in [2.45, 2.75) is 13.8 Å². The van der Waals surface area contributed by atoms with Crippen molar-refractivity contribution in [2.75, 3.05) is 14.2 Å². The largest absolute Gasteiger partial charge is 0.465 e. The molecular weight excluding hydrogens is 252 g/mol. The average molecular weight is 274 g/mol. The van der Waals surface area contributed by atoms with Crippen LogP contribution in [0.3, 0.4) is 0 Å². The summed E-state index contributed by atoms with van der Waals surface area (Å²) in [6, 6.07) is 17.5. The molecule has 0 saturated carbocycles. The molecule has 0 heterocycles. The number of hydrogen-bond acceptors (Lipinski definition) is 3. The Morgan fingerprint density at radius 1 is 0.850 bits per heavy atom. The van der Waals surface area contributed by atoms with E-state index in [0.29, 0.717) is 5.56 Å². The van der Waals surface area contributed by atoms with Gasteiger partial charge in [0, 0.05) is 7.11 Å². The van der Waals surface area contributed by atoms with Crippen LogP contribution >= 0.6 is 0 Å². The molecule has 2 aromatic carbocycles. The summed E-state index contributed by atoms with van der Waals surface area (Å²) in [5.41, 5.74) is 3.05. The quantitative estimate of drug-likeness (QED) is 0.811. The highest BCUT2D eigenvalue weighted by Crippen LogP contribution is 2.03. The fourth-order valence-corrected chi connectivity index (χ4v) is 1.34. The van der Waals surface area contributed by atoms with Crippen LogP contribution in [0.5, 0.6) is 0 Å². The van der Waals surface area contributed by atoms with Gasteiger partial charge >= 0.3 is 5.97 Å². The smallest absolute Gasteiger partial charge is 0.337 e. The zero-order chi connectivity index (χ0) is 15.4. The van der Waals surface area contributed by atoms with Gasteiger partial charge in [0.15, 0.2) is 0 Å². The maximum atomic E-state index is 10.9. The number of aliphatic hydroxyl groups is 1. The Kier molecular flexibility index (Phi) is 9.62. The third-order valence-corrected chi connectivity index (χ3v) is 2.41. The van der Waals surface area contributed by atoms with Crippen LogP contribution in [-0.2, 0) is 4.74 Å². The summed E-state index contributed by atoms with van der Waals surface area (Å²) in [5, 5.41) is 7.00. The molecule has 2 rings (SSSR count). The molecule has 2 aromatic rings. The minimum absolute atomic E-state index is 0.287. The van der Waals surface area contributed by atoms with E-state index in [2.05, 4.69) is 23.8 Å². The standard InChI is InChI=1S/C9H10O2.C7H8.CH4O/c1-7-3-5-8(6-4-7)9(10)11-2;1-7-5-3-2-4-6-7;1-2/h3-6H,1-2H3;2-6H,1H3;2H,1H3. The molecule has 0 saturated heterocycles. The molecule has 0 radical (unpaired) electrons. The summed E-state index contributed by atoms with van der Waals surface area (Å²) in [4.78, 5) is 10.9. The van der Waals surface area contributed by atoms with Gasteiger partial charge in [0.05, 0.1) is 12.7 Å². The molecule has 0 bridgehead atoms. The zero-order valence-electron chi connectivity index (χ0n) is 12.5. The number of ether oxygens (including phenoxy) is 1. The molecule has 3 heteroatoms. The van der Waals surface area contributed by atoms with Crippen molar-refractivity contribution in [1.82, 2.24) is 0 Å². The van der Waals surface area contributed by atoms with Gasteiger partial charge in [-0.25, -0.2) is 4.79 Å². The molecule has 0 fully saturated rings. The highest BCUT2D eigenvalue weighted by molar-refractivity contribution is 5.89. The SMILES string of the molecule is CO.COC(=O)c1ccc(C)cc1.Cc1ccccc1. The number of aryl methyl sites for hydroxylation is 2. The van der Waals surface area contributed by atoms with E-state index in [1.54, 1.807) is 12.1 Å². The molecule has 0 aliphatic rings. The highest BCUT2D eigenvalue weighted by atomic mass is 16.5. The molecule has 3 nitrogen and oxygen atoms in total. The third-order valence-electron chi connectivity index (χ3n) is 2.41. The summed E-state index contributed by atoms with van der Waals surface area (Å²) in [7, 11) is 2.38. The Morgan fingerprint density at radius 2 is 1.30 bits per heavy atom. The number of hydrogen-bond donors (Lipinski definition) is 1. The fourth-order valence-electron chi connectivity index (χ4n) is 1.34. The lowest BCUT2D eigenvalue weighted by Crippen LogP contribution is -2.00. The highest BCUT2D eigenvalue weighted by Gasteiger charge is 2.01. The van der Waals surface area contributed by atoms with E-state index in [1.165, 1.54) is 12.7 Å².